The molecule has 0 radical (unpaired) electrons. The highest BCUT2D eigenvalue weighted by Crippen LogP contribution is 2.30. The lowest BCUT2D eigenvalue weighted by Crippen LogP contribution is -2.44. The van der Waals surface area contributed by atoms with Crippen LogP contribution in [-0.4, -0.2) is 49.2 Å². The molecule has 0 spiro atoms. The highest BCUT2D eigenvalue weighted by Gasteiger charge is 2.21. The molecule has 208 valence electrons. The van der Waals surface area contributed by atoms with Gasteiger partial charge in [0.15, 0.2) is 5.84 Å². The lowest BCUT2D eigenvalue weighted by Gasteiger charge is -2.29. The Labute approximate surface area is 227 Å². The molecule has 1 heterocycles. The predicted octanol–water partition coefficient (Wildman–Crippen LogP) is 5.46. The summed E-state index contributed by atoms with van der Waals surface area (Å²) in [6, 6.07) is 8.50. The van der Waals surface area contributed by atoms with Crippen LogP contribution in [0.4, 0.5) is 28.9 Å². The SMILES string of the molecule is CN=C(N/C=C/C(F)(F)P)c1cc(Oc2ccc(N(C)CNC3(C)C=CC=C(C(F)F)C=C3)c(N)c2)ccn1. The van der Waals surface area contributed by atoms with Crippen molar-refractivity contribution in [2.24, 2.45) is 4.99 Å². The van der Waals surface area contributed by atoms with Crippen molar-refractivity contribution in [1.29, 1.82) is 0 Å². The Morgan fingerprint density at radius 1 is 1.26 bits per heavy atom. The summed E-state index contributed by atoms with van der Waals surface area (Å²) in [4.78, 5) is 10.2. The molecule has 0 fully saturated rings. The van der Waals surface area contributed by atoms with Crippen molar-refractivity contribution in [1.82, 2.24) is 15.6 Å². The third-order valence-corrected chi connectivity index (χ3v) is 5.86. The molecule has 4 N–H and O–H groups in total. The quantitative estimate of drug-likeness (QED) is 0.0890. The van der Waals surface area contributed by atoms with E-state index in [2.05, 4.69) is 20.6 Å². The molecule has 1 aromatic heterocycles. The predicted molar refractivity (Wildman–Crippen MR) is 152 cm³/mol. The fourth-order valence-electron chi connectivity index (χ4n) is 3.55. The van der Waals surface area contributed by atoms with Gasteiger partial charge < -0.3 is 20.7 Å². The smallest absolute Gasteiger partial charge is 0.278 e. The zero-order valence-corrected chi connectivity index (χ0v) is 22.9. The number of alkyl halides is 4. The van der Waals surface area contributed by atoms with E-state index in [1.54, 1.807) is 42.5 Å². The molecule has 0 aliphatic heterocycles. The summed E-state index contributed by atoms with van der Waals surface area (Å²) < 4.78 is 58.0. The number of amidine groups is 1. The number of halogens is 4. The van der Waals surface area contributed by atoms with Crippen LogP contribution in [-0.2, 0) is 0 Å². The summed E-state index contributed by atoms with van der Waals surface area (Å²) in [5, 5.41) is 6.03. The van der Waals surface area contributed by atoms with Crippen LogP contribution in [0, 0.1) is 0 Å². The van der Waals surface area contributed by atoms with Crippen molar-refractivity contribution in [3.05, 3.63) is 90.5 Å². The highest BCUT2D eigenvalue weighted by atomic mass is 31.0. The summed E-state index contributed by atoms with van der Waals surface area (Å²) in [5.41, 5.74) is 4.19. The molecule has 0 saturated carbocycles. The number of aromatic nitrogens is 1. The van der Waals surface area contributed by atoms with E-state index in [4.69, 9.17) is 10.5 Å². The fraction of sp³-hybridized carbons (Fsp3) is 0.259. The van der Waals surface area contributed by atoms with E-state index in [-0.39, 0.29) is 11.4 Å². The number of anilines is 2. The minimum Gasteiger partial charge on any atom is -0.457 e. The van der Waals surface area contributed by atoms with Crippen molar-refractivity contribution in [2.75, 3.05) is 31.4 Å². The number of aliphatic imine (C=N–C) groups is 1. The molecule has 12 heteroatoms. The van der Waals surface area contributed by atoms with Gasteiger partial charge in [0.2, 0.25) is 0 Å². The average molecular weight is 563 g/mol. The van der Waals surface area contributed by atoms with E-state index >= 15 is 0 Å². The van der Waals surface area contributed by atoms with Crippen molar-refractivity contribution < 1.29 is 22.3 Å². The molecule has 7 nitrogen and oxygen atoms in total. The van der Waals surface area contributed by atoms with Crippen molar-refractivity contribution in [2.45, 2.75) is 24.6 Å². The number of nitrogen functional groups attached to an aromatic ring is 1. The third kappa shape index (κ3) is 8.94. The van der Waals surface area contributed by atoms with Crippen LogP contribution in [0.3, 0.4) is 0 Å². The average Bonchev–Trinajstić information content (AvgIpc) is 3.07. The maximum Gasteiger partial charge on any atom is 0.278 e. The number of pyridine rings is 1. The van der Waals surface area contributed by atoms with Crippen molar-refractivity contribution >= 4 is 26.5 Å². The number of ether oxygens (including phenoxy) is 1. The third-order valence-electron chi connectivity index (χ3n) is 5.67. The standard InChI is InChI=1S/C27H31F4N6OP/c1-26(10-4-5-18(8-11-26)24(28)29)36-17-37(3)23-7-6-19(15-21(23)32)38-20-9-13-34-22(16-20)25(33-2)35-14-12-27(30,31)39/h4-16,24,36H,17,32,39H2,1-3H3,(H,33,35)/b14-12+. The number of benzene rings is 1. The molecule has 3 rings (SSSR count). The van der Waals surface area contributed by atoms with E-state index in [9.17, 15) is 17.6 Å². The molecule has 2 aromatic rings. The maximum atomic E-state index is 13.0. The largest absolute Gasteiger partial charge is 0.457 e. The van der Waals surface area contributed by atoms with Crippen molar-refractivity contribution in [3.63, 3.8) is 0 Å². The molecule has 2 unspecified atom stereocenters. The summed E-state index contributed by atoms with van der Waals surface area (Å²) >= 11 is 0. The number of rotatable bonds is 10. The van der Waals surface area contributed by atoms with Crippen LogP contribution in [0.15, 0.2) is 89.8 Å². The van der Waals surface area contributed by atoms with Crippen LogP contribution >= 0.6 is 9.24 Å². The van der Waals surface area contributed by atoms with Gasteiger partial charge in [-0.2, -0.15) is 8.78 Å². The molecule has 39 heavy (non-hydrogen) atoms. The van der Waals surface area contributed by atoms with Crippen molar-refractivity contribution in [3.8, 4) is 11.5 Å². The van der Waals surface area contributed by atoms with Gasteiger partial charge in [0, 0.05) is 50.3 Å². The molecular weight excluding hydrogens is 531 g/mol. The maximum absolute atomic E-state index is 13.0. The van der Waals surface area contributed by atoms with Crippen LogP contribution in [0.1, 0.15) is 12.6 Å². The molecular formula is C27H31F4N6OP. The normalized spacial score (nSPS) is 17.9. The molecule has 1 aliphatic rings. The topological polar surface area (TPSA) is 87.8 Å². The van der Waals surface area contributed by atoms with Gasteiger partial charge >= 0.3 is 0 Å². The lowest BCUT2D eigenvalue weighted by atomic mass is 10.0. The Balaban J connectivity index is 1.65. The van der Waals surface area contributed by atoms with E-state index in [0.717, 1.165) is 11.9 Å². The first-order chi connectivity index (χ1) is 18.4. The fourth-order valence-corrected chi connectivity index (χ4v) is 3.64. The molecule has 2 atom stereocenters. The van der Waals surface area contributed by atoms with E-state index < -0.39 is 17.6 Å². The van der Waals surface area contributed by atoms with Crippen LogP contribution < -0.4 is 26.0 Å². The monoisotopic (exact) mass is 562 g/mol. The van der Waals surface area contributed by atoms with Gasteiger partial charge in [-0.3, -0.25) is 15.3 Å². The second kappa shape index (κ2) is 12.9. The van der Waals surface area contributed by atoms with E-state index in [0.29, 0.717) is 35.6 Å². The number of nitrogens with one attached hydrogen (secondary N) is 2. The highest BCUT2D eigenvalue weighted by molar-refractivity contribution is 7.18. The van der Waals surface area contributed by atoms with Gasteiger partial charge in [-0.1, -0.05) is 39.6 Å². The summed E-state index contributed by atoms with van der Waals surface area (Å²) in [5.74, 6) is 1.21. The van der Waals surface area contributed by atoms with Gasteiger partial charge in [0.05, 0.1) is 23.6 Å². The van der Waals surface area contributed by atoms with Gasteiger partial charge in [-0.15, -0.1) is 0 Å². The Bertz CT molecular complexity index is 1310. The Kier molecular flexibility index (Phi) is 9.88. The van der Waals surface area contributed by atoms with E-state index in [1.165, 1.54) is 34.6 Å². The zero-order chi connectivity index (χ0) is 28.6. The summed E-state index contributed by atoms with van der Waals surface area (Å²) in [7, 11) is 4.79. The first-order valence-corrected chi connectivity index (χ1v) is 12.4. The first kappa shape index (κ1) is 29.9. The van der Waals surface area contributed by atoms with Gasteiger partial charge in [0.1, 0.15) is 17.2 Å². The van der Waals surface area contributed by atoms with Crippen LogP contribution in [0.5, 0.6) is 11.5 Å². The lowest BCUT2D eigenvalue weighted by molar-refractivity contribution is 0.161. The van der Waals surface area contributed by atoms with E-state index in [1.807, 2.05) is 24.9 Å². The molecule has 1 aromatic carbocycles. The second-order valence-electron chi connectivity index (χ2n) is 8.90. The molecule has 1 aliphatic carbocycles. The minimum atomic E-state index is -3.04. The Hall–Kier alpha value is -3.69. The molecule has 0 saturated heterocycles. The zero-order valence-electron chi connectivity index (χ0n) is 21.7. The number of nitrogens with zero attached hydrogens (tertiary/aromatic N) is 3. The second-order valence-corrected chi connectivity index (χ2v) is 9.67. The van der Waals surface area contributed by atoms with Gasteiger partial charge in [0.25, 0.3) is 12.1 Å². The number of nitrogens with two attached hydrogens (primary N) is 1. The Morgan fingerprint density at radius 3 is 2.67 bits per heavy atom. The molecule has 0 bridgehead atoms. The first-order valence-electron chi connectivity index (χ1n) is 11.8. The van der Waals surface area contributed by atoms with Crippen LogP contribution in [0.25, 0.3) is 0 Å². The number of hydrogen-bond acceptors (Lipinski definition) is 6. The summed E-state index contributed by atoms with van der Waals surface area (Å²) in [6.45, 7) is 2.27. The summed E-state index contributed by atoms with van der Waals surface area (Å²) in [6.07, 6.45) is 8.71. The molecule has 0 amide bonds. The number of hydrogen-bond donors (Lipinski definition) is 3. The Morgan fingerprint density at radius 2 is 2.00 bits per heavy atom. The number of allylic oxidation sites excluding steroid dienone is 5. The van der Waals surface area contributed by atoms with Crippen LogP contribution in [0.2, 0.25) is 0 Å². The minimum absolute atomic E-state index is 0.0436. The van der Waals surface area contributed by atoms with Gasteiger partial charge in [-0.05, 0) is 25.1 Å². The van der Waals surface area contributed by atoms with Gasteiger partial charge in [-0.25, -0.2) is 8.78 Å².